The zero-order chi connectivity index (χ0) is 16.8. The monoisotopic (exact) mass is 335 g/mol. The van der Waals surface area contributed by atoms with Crippen LogP contribution in [0.4, 0.5) is 5.69 Å². The molecule has 1 unspecified atom stereocenters. The number of halogens is 1. The maximum absolute atomic E-state index is 11.8. The number of hydrogen-bond acceptors (Lipinski definition) is 4. The van der Waals surface area contributed by atoms with Crippen molar-refractivity contribution in [2.45, 2.75) is 25.3 Å². The van der Waals surface area contributed by atoms with Gasteiger partial charge in [-0.25, -0.2) is 4.68 Å². The second-order valence-corrected chi connectivity index (χ2v) is 5.64. The molecule has 7 heteroatoms. The molecule has 0 saturated carbocycles. The number of nitrogens with zero attached hydrogens (tertiary/aromatic N) is 2. The number of aliphatic carboxylic acids is 1. The Labute approximate surface area is 138 Å². The Balaban J connectivity index is 2.18. The van der Waals surface area contributed by atoms with E-state index >= 15 is 0 Å². The van der Waals surface area contributed by atoms with Crippen molar-refractivity contribution in [2.75, 3.05) is 5.32 Å². The first-order valence-electron chi connectivity index (χ1n) is 7.21. The van der Waals surface area contributed by atoms with Gasteiger partial charge < -0.3 is 10.4 Å². The van der Waals surface area contributed by atoms with Crippen LogP contribution < -0.4 is 10.9 Å². The number of carboxylic acid groups (broad SMARTS) is 1. The number of aromatic nitrogens is 2. The fourth-order valence-electron chi connectivity index (χ4n) is 2.25. The van der Waals surface area contributed by atoms with Crippen LogP contribution in [0.1, 0.15) is 18.4 Å². The standard InChI is InChI=1S/C16H18ClN3O3/c1-20-16(23)15(17)13(10-18-20)19-12(7-8-14(21)22)9-11-5-3-2-4-6-11/h2-6,10,12,19H,7-9H2,1H3,(H,21,22). The topological polar surface area (TPSA) is 84.2 Å². The molecule has 122 valence electrons. The molecule has 0 aliphatic heterocycles. The molecule has 1 aromatic carbocycles. The molecule has 1 heterocycles. The molecule has 1 aromatic heterocycles. The Hall–Kier alpha value is -2.34. The van der Waals surface area contributed by atoms with Gasteiger partial charge in [-0.05, 0) is 18.4 Å². The lowest BCUT2D eigenvalue weighted by Gasteiger charge is -2.20. The Morgan fingerprint density at radius 3 is 2.74 bits per heavy atom. The minimum atomic E-state index is -0.863. The van der Waals surface area contributed by atoms with Crippen molar-refractivity contribution in [1.29, 1.82) is 0 Å². The van der Waals surface area contributed by atoms with Crippen molar-refractivity contribution in [2.24, 2.45) is 7.05 Å². The molecular weight excluding hydrogens is 318 g/mol. The lowest BCUT2D eigenvalue weighted by atomic mass is 10.0. The Morgan fingerprint density at radius 1 is 1.39 bits per heavy atom. The maximum Gasteiger partial charge on any atom is 0.303 e. The van der Waals surface area contributed by atoms with Crippen LogP contribution in [0, 0.1) is 0 Å². The summed E-state index contributed by atoms with van der Waals surface area (Å²) in [6.45, 7) is 0. The van der Waals surface area contributed by atoms with E-state index in [0.717, 1.165) is 10.2 Å². The minimum Gasteiger partial charge on any atom is -0.481 e. The smallest absolute Gasteiger partial charge is 0.303 e. The summed E-state index contributed by atoms with van der Waals surface area (Å²) in [6, 6.07) is 9.55. The van der Waals surface area contributed by atoms with Crippen LogP contribution >= 0.6 is 11.6 Å². The molecule has 0 aliphatic rings. The molecule has 0 radical (unpaired) electrons. The van der Waals surface area contributed by atoms with Crippen molar-refractivity contribution in [3.05, 3.63) is 57.5 Å². The van der Waals surface area contributed by atoms with Crippen LogP contribution in [0.25, 0.3) is 0 Å². The van der Waals surface area contributed by atoms with Gasteiger partial charge >= 0.3 is 5.97 Å². The summed E-state index contributed by atoms with van der Waals surface area (Å²) < 4.78 is 1.15. The Bertz CT molecular complexity index is 731. The molecule has 2 aromatic rings. The van der Waals surface area contributed by atoms with E-state index in [1.54, 1.807) is 0 Å². The van der Waals surface area contributed by atoms with E-state index in [2.05, 4.69) is 10.4 Å². The first-order valence-corrected chi connectivity index (χ1v) is 7.59. The number of anilines is 1. The zero-order valence-electron chi connectivity index (χ0n) is 12.7. The summed E-state index contributed by atoms with van der Waals surface area (Å²) in [7, 11) is 1.52. The molecular formula is C16H18ClN3O3. The number of rotatable bonds is 7. The highest BCUT2D eigenvalue weighted by atomic mass is 35.5. The second kappa shape index (κ2) is 7.78. The van der Waals surface area contributed by atoms with Crippen LogP contribution in [0.15, 0.2) is 41.3 Å². The van der Waals surface area contributed by atoms with Gasteiger partial charge in [0.1, 0.15) is 5.02 Å². The highest BCUT2D eigenvalue weighted by Crippen LogP contribution is 2.19. The summed E-state index contributed by atoms with van der Waals surface area (Å²) in [6.07, 6.45) is 2.54. The highest BCUT2D eigenvalue weighted by Gasteiger charge is 2.15. The van der Waals surface area contributed by atoms with E-state index < -0.39 is 11.5 Å². The number of aryl methyl sites for hydroxylation is 1. The predicted octanol–water partition coefficient (Wildman–Crippen LogP) is 2.32. The van der Waals surface area contributed by atoms with E-state index in [0.29, 0.717) is 18.5 Å². The molecule has 0 spiro atoms. The van der Waals surface area contributed by atoms with Gasteiger partial charge in [-0.2, -0.15) is 5.10 Å². The van der Waals surface area contributed by atoms with E-state index in [1.165, 1.54) is 13.2 Å². The summed E-state index contributed by atoms with van der Waals surface area (Å²) in [5.41, 5.74) is 1.10. The molecule has 2 rings (SSSR count). The third-order valence-corrected chi connectivity index (χ3v) is 3.83. The normalized spacial score (nSPS) is 11.9. The van der Waals surface area contributed by atoms with Gasteiger partial charge in [-0.15, -0.1) is 0 Å². The van der Waals surface area contributed by atoms with Crippen LogP contribution in [0.5, 0.6) is 0 Å². The van der Waals surface area contributed by atoms with Gasteiger partial charge in [0.05, 0.1) is 11.9 Å². The molecule has 0 amide bonds. The highest BCUT2D eigenvalue weighted by molar-refractivity contribution is 6.32. The lowest BCUT2D eigenvalue weighted by molar-refractivity contribution is -0.137. The molecule has 0 saturated heterocycles. The SMILES string of the molecule is Cn1ncc(NC(CCC(=O)O)Cc2ccccc2)c(Cl)c1=O. The fourth-order valence-corrected chi connectivity index (χ4v) is 2.48. The number of nitrogens with one attached hydrogen (secondary N) is 1. The first kappa shape index (κ1) is 17.0. The van der Waals surface area contributed by atoms with Gasteiger partial charge in [0.25, 0.3) is 5.56 Å². The molecule has 23 heavy (non-hydrogen) atoms. The van der Waals surface area contributed by atoms with Gasteiger partial charge in [0, 0.05) is 19.5 Å². The number of carbonyl (C=O) groups is 1. The predicted molar refractivity (Wildman–Crippen MR) is 88.9 cm³/mol. The molecule has 1 atom stereocenters. The third kappa shape index (κ3) is 4.82. The van der Waals surface area contributed by atoms with E-state index in [-0.39, 0.29) is 17.5 Å². The van der Waals surface area contributed by atoms with Gasteiger partial charge in [0.15, 0.2) is 0 Å². The van der Waals surface area contributed by atoms with E-state index in [1.807, 2.05) is 30.3 Å². The summed E-state index contributed by atoms with van der Waals surface area (Å²) >= 11 is 6.06. The molecule has 2 N–H and O–H groups in total. The second-order valence-electron chi connectivity index (χ2n) is 5.26. The van der Waals surface area contributed by atoms with Crippen molar-refractivity contribution in [3.8, 4) is 0 Å². The molecule has 0 aliphatic carbocycles. The van der Waals surface area contributed by atoms with Crippen LogP contribution in [-0.2, 0) is 18.3 Å². The van der Waals surface area contributed by atoms with Crippen LogP contribution in [0.3, 0.4) is 0 Å². The number of benzene rings is 1. The van der Waals surface area contributed by atoms with Crippen LogP contribution in [-0.4, -0.2) is 26.9 Å². The summed E-state index contributed by atoms with van der Waals surface area (Å²) in [4.78, 5) is 22.7. The zero-order valence-corrected chi connectivity index (χ0v) is 13.5. The molecule has 6 nitrogen and oxygen atoms in total. The van der Waals surface area contributed by atoms with Gasteiger partial charge in [-0.3, -0.25) is 9.59 Å². The first-order chi connectivity index (χ1) is 11.0. The largest absolute Gasteiger partial charge is 0.481 e. The Kier molecular flexibility index (Phi) is 5.76. The van der Waals surface area contributed by atoms with Crippen molar-refractivity contribution in [3.63, 3.8) is 0 Å². The lowest BCUT2D eigenvalue weighted by Crippen LogP contribution is -2.27. The quantitative estimate of drug-likeness (QED) is 0.811. The Morgan fingerprint density at radius 2 is 2.09 bits per heavy atom. The van der Waals surface area contributed by atoms with Crippen molar-refractivity contribution < 1.29 is 9.90 Å². The molecule has 0 fully saturated rings. The average molecular weight is 336 g/mol. The maximum atomic E-state index is 11.8. The third-order valence-electron chi connectivity index (χ3n) is 3.47. The summed E-state index contributed by atoms with van der Waals surface area (Å²) in [5.74, 6) is -0.863. The van der Waals surface area contributed by atoms with Gasteiger partial charge in [-0.1, -0.05) is 41.9 Å². The van der Waals surface area contributed by atoms with E-state index in [9.17, 15) is 9.59 Å². The molecule has 0 bridgehead atoms. The van der Waals surface area contributed by atoms with Crippen molar-refractivity contribution >= 4 is 23.3 Å². The van der Waals surface area contributed by atoms with Gasteiger partial charge in [0.2, 0.25) is 0 Å². The number of hydrogen-bond donors (Lipinski definition) is 2. The van der Waals surface area contributed by atoms with Crippen LogP contribution in [0.2, 0.25) is 5.02 Å². The fraction of sp³-hybridized carbons (Fsp3) is 0.312. The van der Waals surface area contributed by atoms with E-state index in [4.69, 9.17) is 16.7 Å². The summed E-state index contributed by atoms with van der Waals surface area (Å²) in [5, 5.41) is 16.0. The van der Waals surface area contributed by atoms with Crippen molar-refractivity contribution in [1.82, 2.24) is 9.78 Å². The minimum absolute atomic E-state index is 0.0282. The number of carboxylic acids is 1. The average Bonchev–Trinajstić information content (AvgIpc) is 2.54.